The van der Waals surface area contributed by atoms with Crippen LogP contribution in [0.25, 0.3) is 11.0 Å². The number of fused-ring (bicyclic) bond motifs is 1. The number of carbonyl (C=O) groups is 1. The molecule has 1 aromatic carbocycles. The Balaban J connectivity index is 1.43. The number of likely N-dealkylation sites (tertiary alicyclic amines) is 1. The third-order valence-corrected chi connectivity index (χ3v) is 5.22. The molecular weight excluding hydrogens is 358 g/mol. The summed E-state index contributed by atoms with van der Waals surface area (Å²) in [7, 11) is 0. The second kappa shape index (κ2) is 7.53. The van der Waals surface area contributed by atoms with Crippen molar-refractivity contribution < 1.29 is 9.32 Å². The maximum absolute atomic E-state index is 12.8. The molecule has 0 saturated carbocycles. The van der Waals surface area contributed by atoms with Gasteiger partial charge in [0.2, 0.25) is 11.8 Å². The molecule has 8 nitrogen and oxygen atoms in total. The van der Waals surface area contributed by atoms with Crippen molar-refractivity contribution in [1.82, 2.24) is 24.6 Å². The second-order valence-corrected chi connectivity index (χ2v) is 7.47. The van der Waals surface area contributed by atoms with E-state index in [1.807, 2.05) is 38.1 Å². The third kappa shape index (κ3) is 3.54. The molecule has 1 saturated heterocycles. The maximum atomic E-state index is 12.8. The average molecular weight is 381 g/mol. The van der Waals surface area contributed by atoms with Gasteiger partial charge in [-0.2, -0.15) is 4.98 Å². The zero-order chi connectivity index (χ0) is 19.7. The monoisotopic (exact) mass is 381 g/mol. The summed E-state index contributed by atoms with van der Waals surface area (Å²) in [5.41, 5.74) is 1.10. The van der Waals surface area contributed by atoms with Gasteiger partial charge >= 0.3 is 0 Å². The molecule has 0 spiro atoms. The van der Waals surface area contributed by atoms with E-state index in [1.54, 1.807) is 4.90 Å². The van der Waals surface area contributed by atoms with E-state index in [0.29, 0.717) is 30.0 Å². The summed E-state index contributed by atoms with van der Waals surface area (Å²) in [6.45, 7) is 5.30. The summed E-state index contributed by atoms with van der Waals surface area (Å²) in [5.74, 6) is 1.72. The van der Waals surface area contributed by atoms with Crippen molar-refractivity contribution in [3.63, 3.8) is 0 Å². The number of benzene rings is 1. The maximum Gasteiger partial charge on any atom is 0.269 e. The molecule has 28 heavy (non-hydrogen) atoms. The number of amides is 1. The van der Waals surface area contributed by atoms with Crippen LogP contribution in [0.3, 0.4) is 0 Å². The van der Waals surface area contributed by atoms with Gasteiger partial charge in [0.15, 0.2) is 5.82 Å². The van der Waals surface area contributed by atoms with Crippen LogP contribution in [0.5, 0.6) is 0 Å². The van der Waals surface area contributed by atoms with E-state index in [1.165, 1.54) is 10.8 Å². The molecule has 0 radical (unpaired) electrons. The molecule has 1 fully saturated rings. The highest BCUT2D eigenvalue weighted by Gasteiger charge is 2.28. The number of carbonyl (C=O) groups excluding carboxylic acids is 1. The van der Waals surface area contributed by atoms with Gasteiger partial charge in [-0.25, -0.2) is 4.98 Å². The minimum atomic E-state index is -0.269. The Hall–Kier alpha value is -3.03. The lowest BCUT2D eigenvalue weighted by Crippen LogP contribution is -2.41. The molecule has 0 N–H and O–H groups in total. The molecule has 146 valence electrons. The SMILES string of the molecule is CC(C)c1noc(C2CCN(C(=O)Cn3c(=O)cnc4ccccc43)CC2)n1. The highest BCUT2D eigenvalue weighted by molar-refractivity contribution is 5.80. The molecule has 0 bridgehead atoms. The van der Waals surface area contributed by atoms with Gasteiger partial charge in [-0.05, 0) is 25.0 Å². The van der Waals surface area contributed by atoms with Crippen molar-refractivity contribution in [2.24, 2.45) is 0 Å². The molecule has 0 aliphatic carbocycles. The van der Waals surface area contributed by atoms with Crippen LogP contribution in [0.15, 0.2) is 39.8 Å². The van der Waals surface area contributed by atoms with Crippen molar-refractivity contribution >= 4 is 16.9 Å². The third-order valence-electron chi connectivity index (χ3n) is 5.22. The summed E-state index contributed by atoms with van der Waals surface area (Å²) >= 11 is 0. The Morgan fingerprint density at radius 1 is 1.25 bits per heavy atom. The van der Waals surface area contributed by atoms with Crippen molar-refractivity contribution in [2.75, 3.05) is 13.1 Å². The first-order chi connectivity index (χ1) is 13.5. The number of hydrogen-bond donors (Lipinski definition) is 0. The number of hydrogen-bond acceptors (Lipinski definition) is 6. The molecule has 1 aliphatic heterocycles. The van der Waals surface area contributed by atoms with Gasteiger partial charge in [0.1, 0.15) is 6.54 Å². The number of para-hydroxylation sites is 2. The van der Waals surface area contributed by atoms with Crippen molar-refractivity contribution in [3.8, 4) is 0 Å². The lowest BCUT2D eigenvalue weighted by atomic mass is 9.96. The second-order valence-electron chi connectivity index (χ2n) is 7.47. The van der Waals surface area contributed by atoms with Crippen LogP contribution in [-0.2, 0) is 11.3 Å². The van der Waals surface area contributed by atoms with E-state index >= 15 is 0 Å². The van der Waals surface area contributed by atoms with Crippen LogP contribution in [-0.4, -0.2) is 43.6 Å². The fourth-order valence-corrected chi connectivity index (χ4v) is 3.54. The molecule has 3 aromatic rings. The zero-order valence-electron chi connectivity index (χ0n) is 16.0. The summed E-state index contributed by atoms with van der Waals surface area (Å²) in [5, 5.41) is 4.03. The van der Waals surface area contributed by atoms with Crippen molar-refractivity contribution in [1.29, 1.82) is 0 Å². The molecule has 1 aliphatic rings. The quantitative estimate of drug-likeness (QED) is 0.688. The Bertz CT molecular complexity index is 1050. The summed E-state index contributed by atoms with van der Waals surface area (Å²) < 4.78 is 6.89. The highest BCUT2D eigenvalue weighted by atomic mass is 16.5. The van der Waals surface area contributed by atoms with Crippen molar-refractivity contribution in [2.45, 2.75) is 45.1 Å². The van der Waals surface area contributed by atoms with Crippen LogP contribution >= 0.6 is 0 Å². The molecule has 3 heterocycles. The van der Waals surface area contributed by atoms with Crippen LogP contribution in [0.4, 0.5) is 0 Å². The van der Waals surface area contributed by atoms with Gasteiger partial charge in [0.25, 0.3) is 5.56 Å². The van der Waals surface area contributed by atoms with Gasteiger partial charge < -0.3 is 9.42 Å². The largest absolute Gasteiger partial charge is 0.341 e. The van der Waals surface area contributed by atoms with Crippen LogP contribution < -0.4 is 5.56 Å². The molecule has 0 unspecified atom stereocenters. The zero-order valence-corrected chi connectivity index (χ0v) is 16.0. The predicted molar refractivity (Wildman–Crippen MR) is 103 cm³/mol. The molecule has 8 heteroatoms. The highest BCUT2D eigenvalue weighted by Crippen LogP contribution is 2.28. The van der Waals surface area contributed by atoms with E-state index in [-0.39, 0.29) is 29.8 Å². The van der Waals surface area contributed by atoms with Crippen molar-refractivity contribution in [3.05, 3.63) is 52.5 Å². The van der Waals surface area contributed by atoms with Gasteiger partial charge in [0.05, 0.1) is 17.2 Å². The Morgan fingerprint density at radius 2 is 2.00 bits per heavy atom. The first kappa shape index (κ1) is 18.3. The van der Waals surface area contributed by atoms with Gasteiger partial charge in [-0.3, -0.25) is 14.2 Å². The predicted octanol–water partition coefficient (Wildman–Crippen LogP) is 2.31. The number of nitrogens with zero attached hydrogens (tertiary/aromatic N) is 5. The van der Waals surface area contributed by atoms with E-state index in [0.717, 1.165) is 18.7 Å². The minimum absolute atomic E-state index is 0.0184. The van der Waals surface area contributed by atoms with E-state index in [9.17, 15) is 9.59 Å². The Labute approximate surface area is 162 Å². The molecule has 2 aromatic heterocycles. The molecule has 1 amide bonds. The van der Waals surface area contributed by atoms with Crippen LogP contribution in [0.1, 0.15) is 50.2 Å². The number of rotatable bonds is 4. The summed E-state index contributed by atoms with van der Waals surface area (Å²) in [6.07, 6.45) is 2.82. The number of piperidine rings is 1. The van der Waals surface area contributed by atoms with Gasteiger partial charge in [-0.1, -0.05) is 31.1 Å². The lowest BCUT2D eigenvalue weighted by molar-refractivity contribution is -0.132. The van der Waals surface area contributed by atoms with Gasteiger partial charge in [0, 0.05) is 24.9 Å². The topological polar surface area (TPSA) is 94.1 Å². The van der Waals surface area contributed by atoms with Gasteiger partial charge in [-0.15, -0.1) is 0 Å². The Kier molecular flexibility index (Phi) is 4.93. The fourth-order valence-electron chi connectivity index (χ4n) is 3.54. The molecule has 4 rings (SSSR count). The van der Waals surface area contributed by atoms with Crippen LogP contribution in [0.2, 0.25) is 0 Å². The molecule has 0 atom stereocenters. The smallest absolute Gasteiger partial charge is 0.269 e. The number of aromatic nitrogens is 4. The lowest BCUT2D eigenvalue weighted by Gasteiger charge is -2.30. The summed E-state index contributed by atoms with van der Waals surface area (Å²) in [6, 6.07) is 7.34. The first-order valence-electron chi connectivity index (χ1n) is 9.59. The fraction of sp³-hybridized carbons (Fsp3) is 0.450. The molecular formula is C20H23N5O3. The summed E-state index contributed by atoms with van der Waals surface area (Å²) in [4.78, 5) is 35.5. The Morgan fingerprint density at radius 3 is 2.71 bits per heavy atom. The minimum Gasteiger partial charge on any atom is -0.341 e. The van der Waals surface area contributed by atoms with Crippen LogP contribution in [0, 0.1) is 0 Å². The first-order valence-corrected chi connectivity index (χ1v) is 9.59. The average Bonchev–Trinajstić information content (AvgIpc) is 3.21. The van der Waals surface area contributed by atoms with E-state index in [4.69, 9.17) is 4.52 Å². The normalized spacial score (nSPS) is 15.5. The standard InChI is InChI=1S/C20H23N5O3/c1-13(2)19-22-20(28-23-19)14-7-9-24(10-8-14)18(27)12-25-16-6-4-3-5-15(16)21-11-17(25)26/h3-6,11,13-14H,7-10,12H2,1-2H3. The van der Waals surface area contributed by atoms with E-state index in [2.05, 4.69) is 15.1 Å². The van der Waals surface area contributed by atoms with E-state index < -0.39 is 0 Å².